The third-order valence-corrected chi connectivity index (χ3v) is 12.9. The third-order valence-electron chi connectivity index (χ3n) is 12.9. The van der Waals surface area contributed by atoms with Gasteiger partial charge in [0.05, 0.1) is 34.9 Å². The van der Waals surface area contributed by atoms with Crippen molar-refractivity contribution in [2.24, 2.45) is 17.3 Å². The highest BCUT2D eigenvalue weighted by atomic mass is 16.7. The van der Waals surface area contributed by atoms with E-state index < -0.39 is 143 Å². The van der Waals surface area contributed by atoms with Crippen LogP contribution in [0, 0.1) is 17.3 Å². The van der Waals surface area contributed by atoms with E-state index >= 15 is 0 Å². The Morgan fingerprint density at radius 1 is 0.773 bits per heavy atom. The van der Waals surface area contributed by atoms with Crippen molar-refractivity contribution in [3.8, 4) is 0 Å². The molecule has 3 fully saturated rings. The van der Waals surface area contributed by atoms with Gasteiger partial charge < -0.3 is 52.2 Å². The largest absolute Gasteiger partial charge is 0.465 e. The highest BCUT2D eigenvalue weighted by Crippen LogP contribution is 2.70. The summed E-state index contributed by atoms with van der Waals surface area (Å²) < 4.78 is 61.4. The molecule has 13 atom stereocenters. The Hall–Kier alpha value is -6.74. The molecule has 0 radical (unpaired) electrons. The number of hydrogen-bond acceptors (Lipinski definition) is 21. The number of hydrogen-bond donors (Lipinski definition) is 1. The monoisotopic (exact) mass is 920 g/mol. The zero-order valence-corrected chi connectivity index (χ0v) is 37.1. The fourth-order valence-electron chi connectivity index (χ4n) is 10.1. The van der Waals surface area contributed by atoms with Crippen LogP contribution in [0.1, 0.15) is 98.3 Å². The van der Waals surface area contributed by atoms with E-state index in [1.165, 1.54) is 62.6 Å². The minimum Gasteiger partial charge on any atom is -0.465 e. The maximum atomic E-state index is 14.6. The van der Waals surface area contributed by atoms with Crippen LogP contribution in [0.5, 0.6) is 0 Å². The van der Waals surface area contributed by atoms with E-state index in [4.69, 9.17) is 47.0 Å². The summed E-state index contributed by atoms with van der Waals surface area (Å²) in [4.78, 5) is 120. The van der Waals surface area contributed by atoms with Crippen molar-refractivity contribution < 1.29 is 90.5 Å². The van der Waals surface area contributed by atoms with Gasteiger partial charge in [-0.3, -0.25) is 33.9 Å². The number of esters is 8. The minimum absolute atomic E-state index is 0.0771. The number of pyridine rings is 2. The Morgan fingerprint density at radius 3 is 2.05 bits per heavy atom. The maximum absolute atomic E-state index is 14.6. The predicted octanol–water partition coefficient (Wildman–Crippen LogP) is 2.61. The normalized spacial score (nSPS) is 34.5. The van der Waals surface area contributed by atoms with Crippen molar-refractivity contribution in [3.63, 3.8) is 0 Å². The number of nitrogens with zero attached hydrogens (tertiary/aromatic N) is 2. The average Bonchev–Trinajstić information content (AvgIpc) is 3.88. The van der Waals surface area contributed by atoms with E-state index in [9.17, 15) is 43.5 Å². The molecule has 3 aromatic heterocycles. The summed E-state index contributed by atoms with van der Waals surface area (Å²) in [5.41, 5.74) is -10.9. The Balaban J connectivity index is 1.65. The Morgan fingerprint density at radius 2 is 1.44 bits per heavy atom. The highest BCUT2D eigenvalue weighted by molar-refractivity contribution is 5.91. The first-order valence-electron chi connectivity index (χ1n) is 20.9. The topological polar surface area (TPSA) is 279 Å². The molecular formula is C45H48N2O19. The number of carbonyl (C=O) groups excluding carboxylic acids is 8. The van der Waals surface area contributed by atoms with Gasteiger partial charge in [-0.15, -0.1) is 0 Å². The van der Waals surface area contributed by atoms with Crippen molar-refractivity contribution in [2.75, 3.05) is 13.2 Å². The van der Waals surface area contributed by atoms with Crippen molar-refractivity contribution in [1.82, 2.24) is 9.97 Å². The van der Waals surface area contributed by atoms with Gasteiger partial charge in [0.25, 0.3) is 0 Å². The van der Waals surface area contributed by atoms with Gasteiger partial charge in [0, 0.05) is 52.2 Å². The molecule has 1 spiro atoms. The first kappa shape index (κ1) is 47.2. The lowest BCUT2D eigenvalue weighted by Crippen LogP contribution is -2.89. The van der Waals surface area contributed by atoms with Crippen LogP contribution in [-0.4, -0.2) is 129 Å². The lowest BCUT2D eigenvalue weighted by molar-refractivity contribution is -0.385. The number of aliphatic hydroxyl groups is 1. The molecule has 0 amide bonds. The molecule has 1 N–H and O–H groups in total. The zero-order valence-electron chi connectivity index (χ0n) is 37.1. The molecule has 5 heterocycles. The minimum atomic E-state index is -2.94. The quantitative estimate of drug-likeness (QED) is 0.238. The molecule has 21 nitrogen and oxygen atoms in total. The van der Waals surface area contributed by atoms with Gasteiger partial charge in [-0.1, -0.05) is 13.8 Å². The molecule has 4 aliphatic rings. The van der Waals surface area contributed by atoms with Gasteiger partial charge in [-0.05, 0) is 50.2 Å². The van der Waals surface area contributed by atoms with Crippen LogP contribution in [0.2, 0.25) is 0 Å². The molecule has 3 unspecified atom stereocenters. The first-order chi connectivity index (χ1) is 31.1. The number of ether oxygens (including phenoxy) is 9. The number of carbonyl (C=O) groups is 8. The highest BCUT2D eigenvalue weighted by Gasteiger charge is 2.92. The predicted molar refractivity (Wildman–Crippen MR) is 215 cm³/mol. The summed E-state index contributed by atoms with van der Waals surface area (Å²) in [5.74, 6) is -12.9. The standard InChI is InChI=1S/C45H48N2O19/c1-21-22(2)38(52)65-35-33(60-24(4)49)37(62-26(6)51)44(20-58-23(3)48)36(61-25(5)50)32(63-39(53)27-12-9-15-46-18-27)30-34(64-41(55)29-14-11-17-57-29)45(44,43(35,8)56)66-42(30,7)19-59-40(54)28-13-10-16-47-31(21)28/h9-18,21-22,30,32-37,56H,19-20H2,1-8H3/t21?,22?,30?,32-,33+,34-,35+,36-,37+,42+,43+,44-,45+/m1/s1. The molecule has 66 heavy (non-hydrogen) atoms. The molecule has 21 heteroatoms. The van der Waals surface area contributed by atoms with Crippen LogP contribution in [0.25, 0.3) is 0 Å². The van der Waals surface area contributed by atoms with Gasteiger partial charge in [-0.2, -0.15) is 0 Å². The van der Waals surface area contributed by atoms with E-state index in [-0.39, 0.29) is 16.8 Å². The summed E-state index contributed by atoms with van der Waals surface area (Å²) in [6, 6.07) is 8.25. The van der Waals surface area contributed by atoms with E-state index in [1.54, 1.807) is 6.92 Å². The number of fused-ring (bicyclic) bond motifs is 5. The van der Waals surface area contributed by atoms with Gasteiger partial charge in [0.1, 0.15) is 42.0 Å². The van der Waals surface area contributed by atoms with Crippen molar-refractivity contribution >= 4 is 47.8 Å². The van der Waals surface area contributed by atoms with E-state index in [2.05, 4.69) is 9.97 Å². The third kappa shape index (κ3) is 7.72. The summed E-state index contributed by atoms with van der Waals surface area (Å²) in [7, 11) is 0. The van der Waals surface area contributed by atoms with Gasteiger partial charge >= 0.3 is 47.8 Å². The number of cyclic esters (lactones) is 1. The van der Waals surface area contributed by atoms with E-state index in [0.717, 1.165) is 47.1 Å². The van der Waals surface area contributed by atoms with Crippen molar-refractivity contribution in [2.45, 2.75) is 115 Å². The zero-order chi connectivity index (χ0) is 48.1. The van der Waals surface area contributed by atoms with Crippen LogP contribution < -0.4 is 0 Å². The second kappa shape index (κ2) is 17.6. The van der Waals surface area contributed by atoms with E-state index in [1.807, 2.05) is 0 Å². The van der Waals surface area contributed by atoms with Gasteiger partial charge in [-0.25, -0.2) is 14.4 Å². The molecule has 2 aliphatic heterocycles. The second-order valence-corrected chi connectivity index (χ2v) is 17.1. The number of rotatable bonds is 9. The number of furan rings is 1. The first-order valence-corrected chi connectivity index (χ1v) is 20.9. The van der Waals surface area contributed by atoms with Crippen molar-refractivity contribution in [1.29, 1.82) is 0 Å². The molecule has 2 aliphatic carbocycles. The van der Waals surface area contributed by atoms with Crippen molar-refractivity contribution in [3.05, 3.63) is 83.8 Å². The number of aromatic nitrogens is 2. The molecular weight excluding hydrogens is 872 g/mol. The smallest absolute Gasteiger partial charge is 0.374 e. The molecule has 1 saturated heterocycles. The molecule has 352 valence electrons. The van der Waals surface area contributed by atoms with Crippen LogP contribution in [-0.2, 0) is 66.6 Å². The van der Waals surface area contributed by atoms with Gasteiger partial charge in [0.2, 0.25) is 5.76 Å². The SMILES string of the molecule is CC(=O)OC[C@]12[C@H](OC(C)=O)[C@H](OC(=O)c3cccnc3)C3[C@@H](OC(=O)c4ccco4)[C@@]14O[C@@]3(C)COC(=O)c1cccnc1C(C)C(C)C(=O)O[C@@H]([C@H](OC(C)=O)[C@@H]2OC(C)=O)[C@]4(C)O. The molecule has 2 saturated carbocycles. The Kier molecular flexibility index (Phi) is 12.6. The molecule has 0 aromatic carbocycles. The van der Waals surface area contributed by atoms with Crippen LogP contribution in [0.4, 0.5) is 0 Å². The van der Waals surface area contributed by atoms with Crippen LogP contribution in [0.15, 0.2) is 65.7 Å². The second-order valence-electron chi connectivity index (χ2n) is 17.1. The lowest BCUT2D eigenvalue weighted by Gasteiger charge is -2.67. The van der Waals surface area contributed by atoms with Gasteiger partial charge in [0.15, 0.2) is 30.0 Å². The summed E-state index contributed by atoms with van der Waals surface area (Å²) >= 11 is 0. The fraction of sp³-hybridized carbons (Fsp3) is 0.511. The average molecular weight is 921 g/mol. The lowest BCUT2D eigenvalue weighted by atomic mass is 9.45. The summed E-state index contributed by atoms with van der Waals surface area (Å²) in [6.07, 6.45) is -7.63. The fourth-order valence-corrected chi connectivity index (χ4v) is 10.1. The Labute approximate surface area is 376 Å². The van der Waals surface area contributed by atoms with E-state index in [0.29, 0.717) is 0 Å². The summed E-state index contributed by atoms with van der Waals surface area (Å²) in [5, 5.41) is 13.8. The molecule has 7 rings (SSSR count). The maximum Gasteiger partial charge on any atom is 0.374 e. The summed E-state index contributed by atoms with van der Waals surface area (Å²) in [6.45, 7) is 7.37. The molecule has 3 aromatic rings. The Bertz CT molecular complexity index is 2420. The van der Waals surface area contributed by atoms with Crippen LogP contribution in [0.3, 0.4) is 0 Å². The molecule has 4 bridgehead atoms. The van der Waals surface area contributed by atoms with Crippen LogP contribution >= 0.6 is 0 Å².